The standard InChI is InChI=1S/C12H22N2O5/c1-2-4-13-9-7-19-6-8(9)11(16)14-5-3-10(15)12(17)18/h8-10,13,15H,2-7H2,1H3,(H,14,16)(H,17,18). The summed E-state index contributed by atoms with van der Waals surface area (Å²) >= 11 is 0. The highest BCUT2D eigenvalue weighted by Crippen LogP contribution is 2.13. The molecule has 1 rings (SSSR count). The van der Waals surface area contributed by atoms with Crippen LogP contribution < -0.4 is 10.6 Å². The van der Waals surface area contributed by atoms with E-state index < -0.39 is 12.1 Å². The van der Waals surface area contributed by atoms with Crippen molar-refractivity contribution in [2.45, 2.75) is 31.9 Å². The highest BCUT2D eigenvalue weighted by atomic mass is 16.5. The number of ether oxygens (including phenoxy) is 1. The van der Waals surface area contributed by atoms with Crippen molar-refractivity contribution in [2.75, 3.05) is 26.3 Å². The van der Waals surface area contributed by atoms with Crippen LogP contribution in [0.3, 0.4) is 0 Å². The zero-order valence-corrected chi connectivity index (χ0v) is 11.1. The largest absolute Gasteiger partial charge is 0.479 e. The molecular weight excluding hydrogens is 252 g/mol. The van der Waals surface area contributed by atoms with E-state index in [4.69, 9.17) is 14.9 Å². The van der Waals surface area contributed by atoms with Crippen LogP contribution >= 0.6 is 0 Å². The van der Waals surface area contributed by atoms with E-state index in [-0.39, 0.29) is 30.8 Å². The van der Waals surface area contributed by atoms with E-state index in [1.54, 1.807) is 0 Å². The molecule has 7 heteroatoms. The van der Waals surface area contributed by atoms with Crippen LogP contribution in [0.2, 0.25) is 0 Å². The number of nitrogens with one attached hydrogen (secondary N) is 2. The Hall–Kier alpha value is -1.18. The number of carbonyl (C=O) groups is 2. The predicted octanol–water partition coefficient (Wildman–Crippen LogP) is -1.05. The zero-order valence-electron chi connectivity index (χ0n) is 11.1. The van der Waals surface area contributed by atoms with Crippen molar-refractivity contribution in [3.8, 4) is 0 Å². The van der Waals surface area contributed by atoms with Gasteiger partial charge in [0.05, 0.1) is 19.1 Å². The first-order valence-corrected chi connectivity index (χ1v) is 6.56. The molecule has 3 atom stereocenters. The number of hydrogen-bond donors (Lipinski definition) is 4. The van der Waals surface area contributed by atoms with Crippen molar-refractivity contribution in [2.24, 2.45) is 5.92 Å². The summed E-state index contributed by atoms with van der Waals surface area (Å²) in [5.41, 5.74) is 0. The summed E-state index contributed by atoms with van der Waals surface area (Å²) in [5.74, 6) is -1.70. The second-order valence-corrected chi connectivity index (χ2v) is 4.64. The maximum absolute atomic E-state index is 11.9. The minimum atomic E-state index is -1.44. The fourth-order valence-corrected chi connectivity index (χ4v) is 1.93. The monoisotopic (exact) mass is 274 g/mol. The second-order valence-electron chi connectivity index (χ2n) is 4.64. The lowest BCUT2D eigenvalue weighted by atomic mass is 10.0. The minimum Gasteiger partial charge on any atom is -0.479 e. The fourth-order valence-electron chi connectivity index (χ4n) is 1.93. The first-order chi connectivity index (χ1) is 9.06. The fraction of sp³-hybridized carbons (Fsp3) is 0.833. The number of hydrogen-bond acceptors (Lipinski definition) is 5. The van der Waals surface area contributed by atoms with Gasteiger partial charge in [0.1, 0.15) is 0 Å². The normalized spacial score (nSPS) is 24.1. The van der Waals surface area contributed by atoms with Gasteiger partial charge in [0.15, 0.2) is 6.10 Å². The van der Waals surface area contributed by atoms with Gasteiger partial charge in [-0.1, -0.05) is 6.92 Å². The van der Waals surface area contributed by atoms with Crippen LogP contribution in [-0.4, -0.2) is 60.5 Å². The minimum absolute atomic E-state index is 0.00169. The molecule has 1 fully saturated rings. The Labute approximate surface area is 112 Å². The maximum Gasteiger partial charge on any atom is 0.332 e. The van der Waals surface area contributed by atoms with Crippen molar-refractivity contribution in [1.82, 2.24) is 10.6 Å². The number of aliphatic hydroxyl groups excluding tert-OH is 1. The van der Waals surface area contributed by atoms with Gasteiger partial charge in [-0.15, -0.1) is 0 Å². The van der Waals surface area contributed by atoms with Crippen molar-refractivity contribution >= 4 is 11.9 Å². The van der Waals surface area contributed by atoms with Crippen LogP contribution in [0.4, 0.5) is 0 Å². The van der Waals surface area contributed by atoms with E-state index in [0.717, 1.165) is 13.0 Å². The quantitative estimate of drug-likeness (QED) is 0.450. The topological polar surface area (TPSA) is 108 Å². The van der Waals surface area contributed by atoms with Gasteiger partial charge in [-0.3, -0.25) is 4.79 Å². The number of carbonyl (C=O) groups excluding carboxylic acids is 1. The summed E-state index contributed by atoms with van der Waals surface area (Å²) in [6.45, 7) is 3.90. The Morgan fingerprint density at radius 3 is 2.74 bits per heavy atom. The number of aliphatic carboxylic acids is 1. The van der Waals surface area contributed by atoms with E-state index in [1.165, 1.54) is 0 Å². The molecule has 0 radical (unpaired) electrons. The highest BCUT2D eigenvalue weighted by Gasteiger charge is 2.33. The molecule has 0 saturated carbocycles. The van der Waals surface area contributed by atoms with E-state index in [1.807, 2.05) is 6.92 Å². The van der Waals surface area contributed by atoms with Gasteiger partial charge >= 0.3 is 5.97 Å². The van der Waals surface area contributed by atoms with Gasteiger partial charge in [0.25, 0.3) is 0 Å². The molecule has 1 aliphatic heterocycles. The van der Waals surface area contributed by atoms with Crippen molar-refractivity contribution in [3.63, 3.8) is 0 Å². The van der Waals surface area contributed by atoms with Gasteiger partial charge in [-0.2, -0.15) is 0 Å². The molecule has 7 nitrogen and oxygen atoms in total. The number of carboxylic acid groups (broad SMARTS) is 1. The molecule has 1 amide bonds. The predicted molar refractivity (Wildman–Crippen MR) is 67.7 cm³/mol. The molecule has 4 N–H and O–H groups in total. The van der Waals surface area contributed by atoms with Crippen LogP contribution in [0.15, 0.2) is 0 Å². The molecular formula is C12H22N2O5. The Morgan fingerprint density at radius 1 is 1.37 bits per heavy atom. The number of carboxylic acids is 1. The van der Waals surface area contributed by atoms with Crippen LogP contribution in [0.5, 0.6) is 0 Å². The van der Waals surface area contributed by atoms with Gasteiger partial charge < -0.3 is 25.6 Å². The molecule has 0 aromatic carbocycles. The third-order valence-electron chi connectivity index (χ3n) is 3.08. The van der Waals surface area contributed by atoms with Gasteiger partial charge in [0.2, 0.25) is 5.91 Å². The summed E-state index contributed by atoms with van der Waals surface area (Å²) in [5, 5.41) is 23.5. The molecule has 0 bridgehead atoms. The lowest BCUT2D eigenvalue weighted by Crippen LogP contribution is -2.44. The van der Waals surface area contributed by atoms with E-state index in [0.29, 0.717) is 13.2 Å². The Morgan fingerprint density at radius 2 is 2.11 bits per heavy atom. The van der Waals surface area contributed by atoms with E-state index in [2.05, 4.69) is 10.6 Å². The van der Waals surface area contributed by atoms with Gasteiger partial charge in [-0.25, -0.2) is 4.79 Å². The van der Waals surface area contributed by atoms with E-state index >= 15 is 0 Å². The number of aliphatic hydroxyl groups is 1. The smallest absolute Gasteiger partial charge is 0.332 e. The number of amides is 1. The number of rotatable bonds is 8. The highest BCUT2D eigenvalue weighted by molar-refractivity contribution is 5.80. The van der Waals surface area contributed by atoms with Crippen molar-refractivity contribution in [3.05, 3.63) is 0 Å². The summed E-state index contributed by atoms with van der Waals surface area (Å²) in [4.78, 5) is 22.3. The third-order valence-corrected chi connectivity index (χ3v) is 3.08. The zero-order chi connectivity index (χ0) is 14.3. The Kier molecular flexibility index (Phi) is 6.75. The molecule has 0 spiro atoms. The first kappa shape index (κ1) is 15.9. The molecule has 0 aromatic heterocycles. The maximum atomic E-state index is 11.9. The first-order valence-electron chi connectivity index (χ1n) is 6.56. The van der Waals surface area contributed by atoms with Crippen LogP contribution in [0, 0.1) is 5.92 Å². The van der Waals surface area contributed by atoms with Gasteiger partial charge in [0, 0.05) is 19.0 Å². The molecule has 0 aromatic rings. The summed E-state index contributed by atoms with van der Waals surface area (Å²) in [7, 11) is 0. The van der Waals surface area contributed by atoms with Crippen molar-refractivity contribution < 1.29 is 24.5 Å². The molecule has 0 aliphatic carbocycles. The average Bonchev–Trinajstić information content (AvgIpc) is 2.84. The Balaban J connectivity index is 2.30. The van der Waals surface area contributed by atoms with Crippen molar-refractivity contribution in [1.29, 1.82) is 0 Å². The third kappa shape index (κ3) is 5.14. The molecule has 1 aliphatic rings. The molecule has 1 saturated heterocycles. The molecule has 1 heterocycles. The van der Waals surface area contributed by atoms with E-state index in [9.17, 15) is 9.59 Å². The summed E-state index contributed by atoms with van der Waals surface area (Å²) < 4.78 is 5.29. The SMILES string of the molecule is CCCNC1COCC1C(=O)NCCC(O)C(=O)O. The molecule has 3 unspecified atom stereocenters. The molecule has 110 valence electrons. The average molecular weight is 274 g/mol. The van der Waals surface area contributed by atoms with Crippen LogP contribution in [-0.2, 0) is 14.3 Å². The lowest BCUT2D eigenvalue weighted by molar-refractivity contribution is -0.147. The van der Waals surface area contributed by atoms with Crippen LogP contribution in [0.25, 0.3) is 0 Å². The molecule has 19 heavy (non-hydrogen) atoms. The second kappa shape index (κ2) is 8.08. The Bertz CT molecular complexity index is 310. The summed E-state index contributed by atoms with van der Waals surface area (Å²) in [6, 6.07) is 0.00403. The van der Waals surface area contributed by atoms with Gasteiger partial charge in [-0.05, 0) is 13.0 Å². The lowest BCUT2D eigenvalue weighted by Gasteiger charge is -2.18. The van der Waals surface area contributed by atoms with Crippen LogP contribution in [0.1, 0.15) is 19.8 Å². The summed E-state index contributed by atoms with van der Waals surface area (Å²) in [6.07, 6.45) is -0.452.